The van der Waals surface area contributed by atoms with Gasteiger partial charge in [-0.15, -0.1) is 0 Å². The molecule has 6 heteroatoms. The Morgan fingerprint density at radius 1 is 1.04 bits per heavy atom. The molecule has 2 heterocycles. The first kappa shape index (κ1) is 17.6. The topological polar surface area (TPSA) is 72.7 Å². The molecule has 0 aliphatic rings. The highest BCUT2D eigenvalue weighted by Crippen LogP contribution is 2.10. The van der Waals surface area contributed by atoms with Crippen LogP contribution in [-0.4, -0.2) is 32.2 Å². The van der Waals surface area contributed by atoms with E-state index in [1.807, 2.05) is 65.5 Å². The fourth-order valence-electron chi connectivity index (χ4n) is 2.84. The van der Waals surface area contributed by atoms with Crippen molar-refractivity contribution in [2.45, 2.75) is 6.42 Å². The molecule has 138 valence electrons. The van der Waals surface area contributed by atoms with E-state index in [0.717, 1.165) is 28.7 Å². The van der Waals surface area contributed by atoms with E-state index in [2.05, 4.69) is 20.4 Å². The highest BCUT2D eigenvalue weighted by atomic mass is 16.1. The van der Waals surface area contributed by atoms with Crippen LogP contribution < -0.4 is 5.32 Å². The molecule has 2 aromatic carbocycles. The lowest BCUT2D eigenvalue weighted by atomic mass is 10.1. The molecule has 0 aliphatic carbocycles. The number of hydrogen-bond acceptors (Lipinski definition) is 4. The number of para-hydroxylation sites is 2. The quantitative estimate of drug-likeness (QED) is 0.530. The van der Waals surface area contributed by atoms with Crippen molar-refractivity contribution in [3.8, 4) is 5.69 Å². The molecule has 0 unspecified atom stereocenters. The Balaban J connectivity index is 1.28. The van der Waals surface area contributed by atoms with Gasteiger partial charge < -0.3 is 5.32 Å². The average molecular weight is 369 g/mol. The van der Waals surface area contributed by atoms with E-state index in [1.165, 1.54) is 6.08 Å². The van der Waals surface area contributed by atoms with Crippen LogP contribution in [0.4, 0.5) is 0 Å². The van der Waals surface area contributed by atoms with Gasteiger partial charge in [-0.1, -0.05) is 24.3 Å². The van der Waals surface area contributed by atoms with Crippen LogP contribution in [0.15, 0.2) is 79.3 Å². The first-order chi connectivity index (χ1) is 13.8. The van der Waals surface area contributed by atoms with Gasteiger partial charge in [0.15, 0.2) is 0 Å². The van der Waals surface area contributed by atoms with E-state index in [0.29, 0.717) is 12.2 Å². The average Bonchev–Trinajstić information content (AvgIpc) is 3.27. The Morgan fingerprint density at radius 2 is 1.86 bits per heavy atom. The predicted octanol–water partition coefficient (Wildman–Crippen LogP) is 3.19. The molecule has 0 atom stereocenters. The summed E-state index contributed by atoms with van der Waals surface area (Å²) in [7, 11) is 0. The predicted molar refractivity (Wildman–Crippen MR) is 109 cm³/mol. The van der Waals surface area contributed by atoms with Gasteiger partial charge in [-0.25, -0.2) is 9.67 Å². The Labute approximate surface area is 162 Å². The molecule has 0 saturated heterocycles. The van der Waals surface area contributed by atoms with Crippen LogP contribution in [0.25, 0.3) is 22.8 Å². The van der Waals surface area contributed by atoms with Crippen molar-refractivity contribution < 1.29 is 4.79 Å². The maximum Gasteiger partial charge on any atom is 0.244 e. The number of nitrogens with one attached hydrogen (secondary N) is 1. The molecule has 4 rings (SSSR count). The van der Waals surface area contributed by atoms with Crippen molar-refractivity contribution >= 4 is 23.0 Å². The van der Waals surface area contributed by atoms with Crippen LogP contribution in [0, 0.1) is 0 Å². The molecule has 0 radical (unpaired) electrons. The van der Waals surface area contributed by atoms with E-state index in [1.54, 1.807) is 18.5 Å². The largest absolute Gasteiger partial charge is 0.352 e. The van der Waals surface area contributed by atoms with Crippen LogP contribution in [0.2, 0.25) is 0 Å². The molecule has 0 aliphatic heterocycles. The molecule has 0 fully saturated rings. The van der Waals surface area contributed by atoms with Gasteiger partial charge in [0, 0.05) is 25.0 Å². The standard InChI is InChI=1S/C22H19N5O/c28-22(11-8-18-16-24-20-4-1-2-5-21(20)26-18)23-14-12-17-6-9-19(10-7-17)27-15-3-13-25-27/h1-11,13,15-16H,12,14H2,(H,23,28)/b11-8+. The SMILES string of the molecule is O=C(/C=C/c1cnc2ccccc2n1)NCCc1ccc(-n2cccn2)cc1. The number of carbonyl (C=O) groups is 1. The van der Waals surface area contributed by atoms with E-state index < -0.39 is 0 Å². The van der Waals surface area contributed by atoms with E-state index >= 15 is 0 Å². The lowest BCUT2D eigenvalue weighted by molar-refractivity contribution is -0.116. The van der Waals surface area contributed by atoms with Crippen LogP contribution in [0.1, 0.15) is 11.3 Å². The molecule has 0 bridgehead atoms. The van der Waals surface area contributed by atoms with Gasteiger partial charge in [0.25, 0.3) is 0 Å². The second-order valence-corrected chi connectivity index (χ2v) is 6.28. The van der Waals surface area contributed by atoms with Crippen molar-refractivity contribution in [3.63, 3.8) is 0 Å². The van der Waals surface area contributed by atoms with Gasteiger partial charge in [0.05, 0.1) is 28.6 Å². The summed E-state index contributed by atoms with van der Waals surface area (Å²) in [4.78, 5) is 20.8. The number of amides is 1. The number of benzene rings is 2. The molecule has 1 N–H and O–H groups in total. The smallest absolute Gasteiger partial charge is 0.244 e. The summed E-state index contributed by atoms with van der Waals surface area (Å²) in [5, 5.41) is 7.10. The van der Waals surface area contributed by atoms with E-state index in [4.69, 9.17) is 0 Å². The Bertz CT molecular complexity index is 1100. The maximum absolute atomic E-state index is 12.0. The van der Waals surface area contributed by atoms with Gasteiger partial charge in [-0.05, 0) is 48.4 Å². The lowest BCUT2D eigenvalue weighted by Gasteiger charge is -2.05. The lowest BCUT2D eigenvalue weighted by Crippen LogP contribution is -2.23. The molecule has 2 aromatic heterocycles. The zero-order valence-electron chi connectivity index (χ0n) is 15.2. The molecule has 1 amide bonds. The van der Waals surface area contributed by atoms with Crippen molar-refractivity contribution in [2.24, 2.45) is 0 Å². The van der Waals surface area contributed by atoms with Crippen LogP contribution >= 0.6 is 0 Å². The first-order valence-electron chi connectivity index (χ1n) is 9.04. The fourth-order valence-corrected chi connectivity index (χ4v) is 2.84. The van der Waals surface area contributed by atoms with Crippen LogP contribution in [-0.2, 0) is 11.2 Å². The molecule has 28 heavy (non-hydrogen) atoms. The Morgan fingerprint density at radius 3 is 2.64 bits per heavy atom. The second-order valence-electron chi connectivity index (χ2n) is 6.28. The van der Waals surface area contributed by atoms with Gasteiger partial charge in [0.1, 0.15) is 0 Å². The van der Waals surface area contributed by atoms with E-state index in [-0.39, 0.29) is 5.91 Å². The van der Waals surface area contributed by atoms with Crippen LogP contribution in [0.3, 0.4) is 0 Å². The summed E-state index contributed by atoms with van der Waals surface area (Å²) in [5.74, 6) is -0.150. The first-order valence-corrected chi connectivity index (χ1v) is 9.04. The fraction of sp³-hybridized carbons (Fsp3) is 0.0909. The summed E-state index contributed by atoms with van der Waals surface area (Å²) in [6.45, 7) is 0.563. The summed E-state index contributed by atoms with van der Waals surface area (Å²) < 4.78 is 1.81. The minimum atomic E-state index is -0.150. The van der Waals surface area contributed by atoms with Crippen LogP contribution in [0.5, 0.6) is 0 Å². The number of aromatic nitrogens is 4. The van der Waals surface area contributed by atoms with Crippen molar-refractivity contribution in [2.75, 3.05) is 6.54 Å². The highest BCUT2D eigenvalue weighted by Gasteiger charge is 2.00. The third-order valence-electron chi connectivity index (χ3n) is 4.29. The summed E-state index contributed by atoms with van der Waals surface area (Å²) in [6, 6.07) is 17.7. The summed E-state index contributed by atoms with van der Waals surface area (Å²) >= 11 is 0. The maximum atomic E-state index is 12.0. The number of carbonyl (C=O) groups excluding carboxylic acids is 1. The highest BCUT2D eigenvalue weighted by molar-refractivity contribution is 5.91. The third-order valence-corrected chi connectivity index (χ3v) is 4.29. The second kappa shape index (κ2) is 8.26. The molecule has 0 spiro atoms. The minimum Gasteiger partial charge on any atom is -0.352 e. The molecule has 4 aromatic rings. The summed E-state index contributed by atoms with van der Waals surface area (Å²) in [5.41, 5.74) is 4.46. The van der Waals surface area contributed by atoms with Gasteiger partial charge in [-0.2, -0.15) is 5.10 Å². The normalized spacial score (nSPS) is 11.1. The molecule has 6 nitrogen and oxygen atoms in total. The van der Waals surface area contributed by atoms with Crippen molar-refractivity contribution in [3.05, 3.63) is 90.5 Å². The van der Waals surface area contributed by atoms with Gasteiger partial charge in [0.2, 0.25) is 5.91 Å². The Hall–Kier alpha value is -3.80. The molecule has 0 saturated carbocycles. The third kappa shape index (κ3) is 4.29. The number of rotatable bonds is 6. The van der Waals surface area contributed by atoms with Crippen molar-refractivity contribution in [1.82, 2.24) is 25.1 Å². The zero-order chi connectivity index (χ0) is 19.2. The van der Waals surface area contributed by atoms with Gasteiger partial charge in [-0.3, -0.25) is 9.78 Å². The monoisotopic (exact) mass is 369 g/mol. The van der Waals surface area contributed by atoms with Crippen molar-refractivity contribution in [1.29, 1.82) is 0 Å². The molecular weight excluding hydrogens is 350 g/mol. The zero-order valence-corrected chi connectivity index (χ0v) is 15.2. The number of nitrogens with zero attached hydrogens (tertiary/aromatic N) is 4. The Kier molecular flexibility index (Phi) is 5.20. The van der Waals surface area contributed by atoms with Gasteiger partial charge >= 0.3 is 0 Å². The molecular formula is C22H19N5O. The number of fused-ring (bicyclic) bond motifs is 1. The minimum absolute atomic E-state index is 0.150. The summed E-state index contributed by atoms with van der Waals surface area (Å²) in [6.07, 6.45) is 9.23. The van der Waals surface area contributed by atoms with E-state index in [9.17, 15) is 4.79 Å². The number of hydrogen-bond donors (Lipinski definition) is 1.